The Morgan fingerprint density at radius 3 is 2.26 bits per heavy atom. The third kappa shape index (κ3) is 4.46. The molecule has 0 aliphatic carbocycles. The van der Waals surface area contributed by atoms with Gasteiger partial charge in [-0.3, -0.25) is 14.8 Å². The Bertz CT molecular complexity index is 910. The quantitative estimate of drug-likeness (QED) is 0.632. The van der Waals surface area contributed by atoms with Crippen LogP contribution in [0.5, 0.6) is 0 Å². The lowest BCUT2D eigenvalue weighted by molar-refractivity contribution is -0.141. The fourth-order valence-electron chi connectivity index (χ4n) is 2.40. The number of pyridine rings is 2. The molecule has 0 fully saturated rings. The van der Waals surface area contributed by atoms with Crippen LogP contribution in [0.25, 0.3) is 0 Å². The van der Waals surface area contributed by atoms with Gasteiger partial charge in [0.25, 0.3) is 5.91 Å². The molecule has 3 rings (SSSR count). The summed E-state index contributed by atoms with van der Waals surface area (Å²) in [7, 11) is 0. The van der Waals surface area contributed by atoms with Gasteiger partial charge in [0.1, 0.15) is 17.2 Å². The molecule has 0 saturated heterocycles. The SMILES string of the molecule is O=C(c1ccccn1)N(Cc1ccc(C(F)(F)F)nc1)c1ccc(F)cc1. The highest BCUT2D eigenvalue weighted by atomic mass is 19.4. The van der Waals surface area contributed by atoms with E-state index in [0.717, 1.165) is 12.3 Å². The van der Waals surface area contributed by atoms with Crippen molar-refractivity contribution in [2.24, 2.45) is 0 Å². The molecule has 8 heteroatoms. The van der Waals surface area contributed by atoms with E-state index < -0.39 is 23.6 Å². The average molecular weight is 375 g/mol. The minimum atomic E-state index is -4.54. The predicted molar refractivity (Wildman–Crippen MR) is 90.4 cm³/mol. The van der Waals surface area contributed by atoms with Gasteiger partial charge in [-0.2, -0.15) is 13.2 Å². The van der Waals surface area contributed by atoms with Crippen molar-refractivity contribution in [1.29, 1.82) is 0 Å². The molecule has 2 aromatic heterocycles. The number of carbonyl (C=O) groups is 1. The van der Waals surface area contributed by atoms with Crippen molar-refractivity contribution in [2.45, 2.75) is 12.7 Å². The van der Waals surface area contributed by atoms with Crippen LogP contribution in [0.15, 0.2) is 67.0 Å². The molecule has 0 bridgehead atoms. The highest BCUT2D eigenvalue weighted by Crippen LogP contribution is 2.28. The number of amides is 1. The Morgan fingerprint density at radius 2 is 1.70 bits per heavy atom. The van der Waals surface area contributed by atoms with Crippen molar-refractivity contribution in [1.82, 2.24) is 9.97 Å². The molecule has 27 heavy (non-hydrogen) atoms. The summed E-state index contributed by atoms with van der Waals surface area (Å²) in [5.74, 6) is -0.942. The van der Waals surface area contributed by atoms with Crippen molar-refractivity contribution in [3.8, 4) is 0 Å². The number of hydrogen-bond donors (Lipinski definition) is 0. The van der Waals surface area contributed by atoms with E-state index >= 15 is 0 Å². The van der Waals surface area contributed by atoms with Crippen LogP contribution < -0.4 is 4.90 Å². The first-order valence-corrected chi connectivity index (χ1v) is 7.85. The van der Waals surface area contributed by atoms with Crippen LogP contribution in [0.2, 0.25) is 0 Å². The molecule has 1 aromatic carbocycles. The first-order chi connectivity index (χ1) is 12.8. The number of carbonyl (C=O) groups excluding carboxylic acids is 1. The van der Waals surface area contributed by atoms with Gasteiger partial charge in [-0.1, -0.05) is 12.1 Å². The minimum Gasteiger partial charge on any atom is -0.303 e. The molecule has 0 spiro atoms. The Labute approximate surface area is 152 Å². The molecule has 0 aliphatic rings. The van der Waals surface area contributed by atoms with Gasteiger partial charge in [0, 0.05) is 18.1 Å². The summed E-state index contributed by atoms with van der Waals surface area (Å²) in [5.41, 5.74) is -0.0964. The number of hydrogen-bond acceptors (Lipinski definition) is 3. The van der Waals surface area contributed by atoms with E-state index in [9.17, 15) is 22.4 Å². The van der Waals surface area contributed by atoms with Crippen LogP contribution in [0.4, 0.5) is 23.2 Å². The summed E-state index contributed by atoms with van der Waals surface area (Å²) in [4.78, 5) is 21.5. The Morgan fingerprint density at radius 1 is 0.963 bits per heavy atom. The minimum absolute atomic E-state index is 0.0494. The zero-order chi connectivity index (χ0) is 19.4. The first kappa shape index (κ1) is 18.5. The van der Waals surface area contributed by atoms with Gasteiger partial charge >= 0.3 is 6.18 Å². The van der Waals surface area contributed by atoms with Gasteiger partial charge in [-0.05, 0) is 48.0 Å². The van der Waals surface area contributed by atoms with Gasteiger partial charge in [-0.15, -0.1) is 0 Å². The second-order valence-corrected chi connectivity index (χ2v) is 5.63. The number of rotatable bonds is 4. The Kier molecular flexibility index (Phi) is 5.16. The normalized spacial score (nSPS) is 11.3. The lowest BCUT2D eigenvalue weighted by atomic mass is 10.2. The highest BCUT2D eigenvalue weighted by Gasteiger charge is 2.32. The summed E-state index contributed by atoms with van der Waals surface area (Å²) in [6.07, 6.45) is -2.03. The van der Waals surface area contributed by atoms with Gasteiger partial charge in [0.05, 0.1) is 6.54 Å². The fourth-order valence-corrected chi connectivity index (χ4v) is 2.40. The summed E-state index contributed by atoms with van der Waals surface area (Å²) in [5, 5.41) is 0. The van der Waals surface area contributed by atoms with Crippen molar-refractivity contribution in [3.05, 3.63) is 89.8 Å². The highest BCUT2D eigenvalue weighted by molar-refractivity contribution is 6.04. The molecular formula is C19H13F4N3O. The molecule has 2 heterocycles. The lowest BCUT2D eigenvalue weighted by Gasteiger charge is -2.22. The monoisotopic (exact) mass is 375 g/mol. The zero-order valence-corrected chi connectivity index (χ0v) is 13.8. The van der Waals surface area contributed by atoms with Crippen LogP contribution in [0, 0.1) is 5.82 Å². The maximum absolute atomic E-state index is 13.2. The number of nitrogens with zero attached hydrogens (tertiary/aromatic N) is 3. The first-order valence-electron chi connectivity index (χ1n) is 7.85. The van der Waals surface area contributed by atoms with Crippen LogP contribution >= 0.6 is 0 Å². The average Bonchev–Trinajstić information content (AvgIpc) is 2.67. The molecule has 138 valence electrons. The van der Waals surface area contributed by atoms with Gasteiger partial charge < -0.3 is 4.90 Å². The standard InChI is InChI=1S/C19H13F4N3O/c20-14-5-7-15(8-6-14)26(18(27)16-3-1-2-10-24-16)12-13-4-9-17(25-11-13)19(21,22)23/h1-11H,12H2. The van der Waals surface area contributed by atoms with E-state index in [1.54, 1.807) is 12.1 Å². The lowest BCUT2D eigenvalue weighted by Crippen LogP contribution is -2.31. The number of benzene rings is 1. The smallest absolute Gasteiger partial charge is 0.303 e. The second-order valence-electron chi connectivity index (χ2n) is 5.63. The van der Waals surface area contributed by atoms with Gasteiger partial charge in [0.2, 0.25) is 0 Å². The van der Waals surface area contributed by atoms with E-state index in [2.05, 4.69) is 9.97 Å². The maximum Gasteiger partial charge on any atom is 0.433 e. The van der Waals surface area contributed by atoms with Crippen molar-refractivity contribution in [2.75, 3.05) is 4.90 Å². The van der Waals surface area contributed by atoms with Gasteiger partial charge in [0.15, 0.2) is 0 Å². The number of halogens is 4. The van der Waals surface area contributed by atoms with E-state index in [0.29, 0.717) is 11.3 Å². The second kappa shape index (κ2) is 7.53. The number of alkyl halides is 3. The Balaban J connectivity index is 1.92. The largest absolute Gasteiger partial charge is 0.433 e. The summed E-state index contributed by atoms with van der Waals surface area (Å²) in [6, 6.07) is 12.1. The molecule has 3 aromatic rings. The van der Waals surface area contributed by atoms with Crippen LogP contribution in [0.3, 0.4) is 0 Å². The molecule has 0 saturated carbocycles. The molecule has 4 nitrogen and oxygen atoms in total. The summed E-state index contributed by atoms with van der Waals surface area (Å²) < 4.78 is 51.2. The molecule has 0 unspecified atom stereocenters. The molecule has 1 amide bonds. The summed E-state index contributed by atoms with van der Waals surface area (Å²) in [6.45, 7) is -0.0494. The number of aromatic nitrogens is 2. The van der Waals surface area contributed by atoms with Gasteiger partial charge in [-0.25, -0.2) is 4.39 Å². The maximum atomic E-state index is 13.2. The number of anilines is 1. The van der Waals surface area contributed by atoms with E-state index in [1.807, 2.05) is 0 Å². The third-order valence-corrected chi connectivity index (χ3v) is 3.72. The van der Waals surface area contributed by atoms with Crippen molar-refractivity contribution < 1.29 is 22.4 Å². The van der Waals surface area contributed by atoms with Crippen LogP contribution in [0.1, 0.15) is 21.7 Å². The molecule has 0 N–H and O–H groups in total. The topological polar surface area (TPSA) is 46.1 Å². The summed E-state index contributed by atoms with van der Waals surface area (Å²) >= 11 is 0. The van der Waals surface area contributed by atoms with E-state index in [4.69, 9.17) is 0 Å². The predicted octanol–water partition coefficient (Wildman–Crippen LogP) is 4.48. The molecular weight excluding hydrogens is 362 g/mol. The fraction of sp³-hybridized carbons (Fsp3) is 0.105. The molecule has 0 aliphatic heterocycles. The zero-order valence-electron chi connectivity index (χ0n) is 13.8. The van der Waals surface area contributed by atoms with Crippen LogP contribution in [-0.2, 0) is 12.7 Å². The molecule has 0 radical (unpaired) electrons. The van der Waals surface area contributed by atoms with E-state index in [1.165, 1.54) is 47.5 Å². The molecule has 0 atom stereocenters. The Hall–Kier alpha value is -3.29. The van der Waals surface area contributed by atoms with Crippen molar-refractivity contribution in [3.63, 3.8) is 0 Å². The van der Waals surface area contributed by atoms with Crippen molar-refractivity contribution >= 4 is 11.6 Å². The van der Waals surface area contributed by atoms with E-state index in [-0.39, 0.29) is 12.2 Å². The van der Waals surface area contributed by atoms with Crippen LogP contribution in [-0.4, -0.2) is 15.9 Å². The third-order valence-electron chi connectivity index (χ3n) is 3.72.